The second kappa shape index (κ2) is 5.38. The van der Waals surface area contributed by atoms with Gasteiger partial charge in [-0.3, -0.25) is 0 Å². The normalized spacial score (nSPS) is 24.0. The highest BCUT2D eigenvalue weighted by molar-refractivity contribution is 5.67. The number of ether oxygens (including phenoxy) is 1. The van der Waals surface area contributed by atoms with Crippen molar-refractivity contribution >= 4 is 6.09 Å². The SMILES string of the molecule is O=C(NC1CCCC1)OC1CCCCC1. The molecule has 2 fully saturated rings. The van der Waals surface area contributed by atoms with Crippen molar-refractivity contribution in [1.82, 2.24) is 5.32 Å². The van der Waals surface area contributed by atoms with E-state index < -0.39 is 0 Å². The van der Waals surface area contributed by atoms with Gasteiger partial charge in [0.1, 0.15) is 6.10 Å². The zero-order valence-corrected chi connectivity index (χ0v) is 9.34. The number of amides is 1. The quantitative estimate of drug-likeness (QED) is 0.762. The van der Waals surface area contributed by atoms with Crippen LogP contribution in [-0.2, 0) is 4.74 Å². The third-order valence-electron chi connectivity index (χ3n) is 3.50. The Morgan fingerprint density at radius 2 is 1.53 bits per heavy atom. The molecule has 0 aromatic rings. The Labute approximate surface area is 91.6 Å². The minimum atomic E-state index is -0.186. The van der Waals surface area contributed by atoms with E-state index in [0.29, 0.717) is 6.04 Å². The molecular weight excluding hydrogens is 190 g/mol. The molecule has 0 aromatic heterocycles. The van der Waals surface area contributed by atoms with E-state index in [0.717, 1.165) is 25.7 Å². The molecule has 0 aliphatic heterocycles. The molecule has 2 aliphatic rings. The highest BCUT2D eigenvalue weighted by Crippen LogP contribution is 2.21. The molecule has 2 aliphatic carbocycles. The van der Waals surface area contributed by atoms with E-state index in [1.54, 1.807) is 0 Å². The zero-order valence-electron chi connectivity index (χ0n) is 9.34. The third-order valence-corrected chi connectivity index (χ3v) is 3.50. The van der Waals surface area contributed by atoms with Crippen molar-refractivity contribution in [2.75, 3.05) is 0 Å². The monoisotopic (exact) mass is 211 g/mol. The molecule has 86 valence electrons. The van der Waals surface area contributed by atoms with Crippen LogP contribution in [0.1, 0.15) is 57.8 Å². The predicted octanol–water partition coefficient (Wildman–Crippen LogP) is 2.99. The van der Waals surface area contributed by atoms with Crippen LogP contribution in [0.2, 0.25) is 0 Å². The largest absolute Gasteiger partial charge is 0.446 e. The zero-order chi connectivity index (χ0) is 10.5. The van der Waals surface area contributed by atoms with Crippen LogP contribution in [0.5, 0.6) is 0 Å². The van der Waals surface area contributed by atoms with E-state index in [1.165, 1.54) is 32.1 Å². The standard InChI is InChI=1S/C12H21NO2/c14-12(13-10-6-4-5-7-10)15-11-8-2-1-3-9-11/h10-11H,1-9H2,(H,13,14). The molecule has 0 atom stereocenters. The van der Waals surface area contributed by atoms with Crippen LogP contribution in [0.3, 0.4) is 0 Å². The topological polar surface area (TPSA) is 38.3 Å². The smallest absolute Gasteiger partial charge is 0.407 e. The molecule has 3 nitrogen and oxygen atoms in total. The summed E-state index contributed by atoms with van der Waals surface area (Å²) in [6.45, 7) is 0. The van der Waals surface area contributed by atoms with Gasteiger partial charge in [-0.2, -0.15) is 0 Å². The summed E-state index contributed by atoms with van der Waals surface area (Å²) in [5.74, 6) is 0. The summed E-state index contributed by atoms with van der Waals surface area (Å²) < 4.78 is 5.40. The lowest BCUT2D eigenvalue weighted by Crippen LogP contribution is -2.36. The average Bonchev–Trinajstić information content (AvgIpc) is 2.71. The van der Waals surface area contributed by atoms with Gasteiger partial charge in [0.15, 0.2) is 0 Å². The van der Waals surface area contributed by atoms with Crippen LogP contribution in [0.4, 0.5) is 4.79 Å². The fraction of sp³-hybridized carbons (Fsp3) is 0.917. The number of hydrogen-bond acceptors (Lipinski definition) is 2. The van der Waals surface area contributed by atoms with Gasteiger partial charge in [0.25, 0.3) is 0 Å². The van der Waals surface area contributed by atoms with E-state index in [-0.39, 0.29) is 12.2 Å². The van der Waals surface area contributed by atoms with Crippen molar-refractivity contribution in [2.24, 2.45) is 0 Å². The van der Waals surface area contributed by atoms with Crippen molar-refractivity contribution in [2.45, 2.75) is 69.9 Å². The van der Waals surface area contributed by atoms with E-state index in [2.05, 4.69) is 5.32 Å². The molecule has 0 unspecified atom stereocenters. The second-order valence-corrected chi connectivity index (χ2v) is 4.79. The molecule has 0 spiro atoms. The highest BCUT2D eigenvalue weighted by atomic mass is 16.6. The van der Waals surface area contributed by atoms with E-state index >= 15 is 0 Å². The van der Waals surface area contributed by atoms with Gasteiger partial charge in [-0.1, -0.05) is 19.3 Å². The first-order valence-corrected chi connectivity index (χ1v) is 6.32. The first-order valence-electron chi connectivity index (χ1n) is 6.32. The number of hydrogen-bond donors (Lipinski definition) is 1. The molecule has 15 heavy (non-hydrogen) atoms. The molecule has 3 heteroatoms. The Hall–Kier alpha value is -0.730. The lowest BCUT2D eigenvalue weighted by atomic mass is 9.98. The van der Waals surface area contributed by atoms with Gasteiger partial charge in [0.05, 0.1) is 0 Å². The lowest BCUT2D eigenvalue weighted by molar-refractivity contribution is 0.0730. The summed E-state index contributed by atoms with van der Waals surface area (Å²) in [5.41, 5.74) is 0. The average molecular weight is 211 g/mol. The van der Waals surface area contributed by atoms with Crippen molar-refractivity contribution in [3.05, 3.63) is 0 Å². The Morgan fingerprint density at radius 1 is 0.933 bits per heavy atom. The van der Waals surface area contributed by atoms with Crippen molar-refractivity contribution in [1.29, 1.82) is 0 Å². The Balaban J connectivity index is 1.66. The predicted molar refractivity (Wildman–Crippen MR) is 58.7 cm³/mol. The van der Waals surface area contributed by atoms with Crippen LogP contribution in [-0.4, -0.2) is 18.2 Å². The van der Waals surface area contributed by atoms with E-state index in [1.807, 2.05) is 0 Å². The van der Waals surface area contributed by atoms with Crippen molar-refractivity contribution < 1.29 is 9.53 Å². The summed E-state index contributed by atoms with van der Waals surface area (Å²) in [4.78, 5) is 11.5. The molecule has 0 heterocycles. The van der Waals surface area contributed by atoms with Crippen LogP contribution < -0.4 is 5.32 Å². The number of nitrogens with one attached hydrogen (secondary N) is 1. The molecule has 0 saturated heterocycles. The molecule has 0 aromatic carbocycles. The molecule has 1 amide bonds. The minimum absolute atomic E-state index is 0.181. The fourth-order valence-electron chi connectivity index (χ4n) is 2.61. The summed E-state index contributed by atoms with van der Waals surface area (Å²) in [6.07, 6.45) is 10.6. The lowest BCUT2D eigenvalue weighted by Gasteiger charge is -2.23. The van der Waals surface area contributed by atoms with Crippen LogP contribution in [0, 0.1) is 0 Å². The van der Waals surface area contributed by atoms with Gasteiger partial charge in [-0.05, 0) is 38.5 Å². The maximum atomic E-state index is 11.5. The second-order valence-electron chi connectivity index (χ2n) is 4.79. The Kier molecular flexibility index (Phi) is 3.87. The van der Waals surface area contributed by atoms with Gasteiger partial charge < -0.3 is 10.1 Å². The van der Waals surface area contributed by atoms with Gasteiger partial charge in [-0.25, -0.2) is 4.79 Å². The van der Waals surface area contributed by atoms with Crippen LogP contribution in [0.25, 0.3) is 0 Å². The van der Waals surface area contributed by atoms with Gasteiger partial charge in [0, 0.05) is 6.04 Å². The Morgan fingerprint density at radius 3 is 2.20 bits per heavy atom. The highest BCUT2D eigenvalue weighted by Gasteiger charge is 2.21. The van der Waals surface area contributed by atoms with Gasteiger partial charge in [-0.15, -0.1) is 0 Å². The maximum Gasteiger partial charge on any atom is 0.407 e. The molecule has 0 radical (unpaired) electrons. The molecule has 1 N–H and O–H groups in total. The fourth-order valence-corrected chi connectivity index (χ4v) is 2.61. The third kappa shape index (κ3) is 3.40. The number of carbonyl (C=O) groups excluding carboxylic acids is 1. The van der Waals surface area contributed by atoms with Crippen molar-refractivity contribution in [3.63, 3.8) is 0 Å². The molecule has 0 bridgehead atoms. The van der Waals surface area contributed by atoms with Gasteiger partial charge in [0.2, 0.25) is 0 Å². The van der Waals surface area contributed by atoms with Crippen LogP contribution in [0.15, 0.2) is 0 Å². The number of alkyl carbamates (subject to hydrolysis) is 1. The Bertz CT molecular complexity index is 206. The van der Waals surface area contributed by atoms with Gasteiger partial charge >= 0.3 is 6.09 Å². The first-order chi connectivity index (χ1) is 7.34. The summed E-state index contributed by atoms with van der Waals surface area (Å²) in [6, 6.07) is 0.376. The number of carbonyl (C=O) groups is 1. The summed E-state index contributed by atoms with van der Waals surface area (Å²) in [7, 11) is 0. The van der Waals surface area contributed by atoms with E-state index in [4.69, 9.17) is 4.74 Å². The molecular formula is C12H21NO2. The molecule has 2 saturated carbocycles. The first kappa shape index (κ1) is 10.8. The summed E-state index contributed by atoms with van der Waals surface area (Å²) >= 11 is 0. The molecule has 2 rings (SSSR count). The minimum Gasteiger partial charge on any atom is -0.446 e. The van der Waals surface area contributed by atoms with E-state index in [9.17, 15) is 4.79 Å². The van der Waals surface area contributed by atoms with Crippen LogP contribution >= 0.6 is 0 Å². The number of rotatable bonds is 2. The van der Waals surface area contributed by atoms with Crippen molar-refractivity contribution in [3.8, 4) is 0 Å². The summed E-state index contributed by atoms with van der Waals surface area (Å²) in [5, 5.41) is 2.96. The maximum absolute atomic E-state index is 11.5.